The van der Waals surface area contributed by atoms with Crippen LogP contribution in [0.4, 0.5) is 8.78 Å². The first-order valence-corrected chi connectivity index (χ1v) is 5.17. The number of hydrogen-bond donors (Lipinski definition) is 1. The van der Waals surface area contributed by atoms with Crippen molar-refractivity contribution >= 4 is 11.6 Å². The minimum Gasteiger partial charge on any atom is -0.395 e. The first kappa shape index (κ1) is 11.4. The number of alkyl halides is 3. The maximum Gasteiger partial charge on any atom is 0.586 e. The number of para-hydroxylation sites is 1. The van der Waals surface area contributed by atoms with E-state index in [4.69, 9.17) is 11.6 Å². The number of aliphatic hydroxyl groups is 1. The predicted octanol–water partition coefficient (Wildman–Crippen LogP) is 2.15. The monoisotopic (exact) mass is 250 g/mol. The molecule has 0 fully saturated rings. The van der Waals surface area contributed by atoms with Crippen molar-refractivity contribution in [2.45, 2.75) is 18.8 Å². The van der Waals surface area contributed by atoms with Gasteiger partial charge in [0.1, 0.15) is 0 Å². The van der Waals surface area contributed by atoms with E-state index in [0.29, 0.717) is 5.56 Å². The molecule has 1 heterocycles. The Hall–Kier alpha value is -1.07. The van der Waals surface area contributed by atoms with Gasteiger partial charge >= 0.3 is 6.29 Å². The molecule has 1 aromatic carbocycles. The van der Waals surface area contributed by atoms with Crippen LogP contribution in [-0.2, 0) is 6.42 Å². The fraction of sp³-hybridized carbons (Fsp3) is 0.400. The van der Waals surface area contributed by atoms with E-state index in [1.165, 1.54) is 6.07 Å². The van der Waals surface area contributed by atoms with Crippen molar-refractivity contribution in [3.05, 3.63) is 23.8 Å². The molecule has 2 rings (SSSR count). The summed E-state index contributed by atoms with van der Waals surface area (Å²) in [5.41, 5.74) is 0.447. The van der Waals surface area contributed by atoms with Crippen LogP contribution in [0.15, 0.2) is 18.2 Å². The molecule has 0 saturated heterocycles. The van der Waals surface area contributed by atoms with Crippen LogP contribution < -0.4 is 9.47 Å². The molecule has 0 aromatic heterocycles. The highest BCUT2D eigenvalue weighted by Crippen LogP contribution is 2.43. The van der Waals surface area contributed by atoms with Gasteiger partial charge in [-0.2, -0.15) is 0 Å². The lowest BCUT2D eigenvalue weighted by molar-refractivity contribution is -0.287. The Morgan fingerprint density at radius 2 is 2.12 bits per heavy atom. The normalized spacial score (nSPS) is 18.5. The van der Waals surface area contributed by atoms with E-state index in [-0.39, 0.29) is 23.8 Å². The molecule has 0 saturated carbocycles. The van der Waals surface area contributed by atoms with Crippen LogP contribution in [0.2, 0.25) is 0 Å². The van der Waals surface area contributed by atoms with Gasteiger partial charge in [0.25, 0.3) is 0 Å². The number of hydrogen-bond acceptors (Lipinski definition) is 3. The van der Waals surface area contributed by atoms with E-state index < -0.39 is 12.4 Å². The van der Waals surface area contributed by atoms with Crippen LogP contribution >= 0.6 is 11.6 Å². The Morgan fingerprint density at radius 1 is 1.38 bits per heavy atom. The topological polar surface area (TPSA) is 38.7 Å². The Bertz CT molecular complexity index is 398. The summed E-state index contributed by atoms with van der Waals surface area (Å²) in [6.07, 6.45) is -4.29. The van der Waals surface area contributed by atoms with Crippen LogP contribution in [0.3, 0.4) is 0 Å². The van der Waals surface area contributed by atoms with Gasteiger partial charge in [-0.25, -0.2) is 0 Å². The van der Waals surface area contributed by atoms with Gasteiger partial charge in [0.05, 0.1) is 6.10 Å². The lowest BCUT2D eigenvalue weighted by Crippen LogP contribution is -2.26. The number of aliphatic hydroxyl groups excluding tert-OH is 1. The number of rotatable bonds is 3. The number of benzene rings is 1. The van der Waals surface area contributed by atoms with E-state index in [9.17, 15) is 13.9 Å². The van der Waals surface area contributed by atoms with E-state index in [0.717, 1.165) is 0 Å². The second-order valence-corrected chi connectivity index (χ2v) is 3.73. The molecule has 0 radical (unpaired) electrons. The molecule has 0 spiro atoms. The van der Waals surface area contributed by atoms with Gasteiger partial charge in [-0.05, 0) is 6.07 Å². The quantitative estimate of drug-likeness (QED) is 0.836. The van der Waals surface area contributed by atoms with Gasteiger partial charge in [-0.15, -0.1) is 20.4 Å². The summed E-state index contributed by atoms with van der Waals surface area (Å²) < 4.78 is 34.2. The van der Waals surface area contributed by atoms with Crippen molar-refractivity contribution in [3.63, 3.8) is 0 Å². The highest BCUT2D eigenvalue weighted by molar-refractivity contribution is 6.18. The lowest BCUT2D eigenvalue weighted by Gasteiger charge is -2.09. The fourth-order valence-corrected chi connectivity index (χ4v) is 1.60. The first-order chi connectivity index (χ1) is 7.52. The van der Waals surface area contributed by atoms with Crippen LogP contribution in [0.5, 0.6) is 11.5 Å². The molecule has 16 heavy (non-hydrogen) atoms. The van der Waals surface area contributed by atoms with Gasteiger partial charge < -0.3 is 14.6 Å². The van der Waals surface area contributed by atoms with Crippen molar-refractivity contribution in [2.75, 3.05) is 5.88 Å². The maximum absolute atomic E-state index is 12.8. The second kappa shape index (κ2) is 4.07. The van der Waals surface area contributed by atoms with Crippen molar-refractivity contribution in [1.82, 2.24) is 0 Å². The minimum atomic E-state index is -3.63. The molecule has 1 aliphatic heterocycles. The van der Waals surface area contributed by atoms with Crippen molar-refractivity contribution in [2.24, 2.45) is 0 Å². The van der Waals surface area contributed by atoms with Gasteiger partial charge in [0.2, 0.25) is 0 Å². The van der Waals surface area contributed by atoms with Gasteiger partial charge in [0.15, 0.2) is 11.5 Å². The van der Waals surface area contributed by atoms with Crippen LogP contribution in [0.25, 0.3) is 0 Å². The summed E-state index contributed by atoms with van der Waals surface area (Å²) in [4.78, 5) is 0. The highest BCUT2D eigenvalue weighted by Gasteiger charge is 2.44. The molecular formula is C10H9ClF2O3. The van der Waals surface area contributed by atoms with Crippen molar-refractivity contribution < 1.29 is 23.4 Å². The smallest absolute Gasteiger partial charge is 0.395 e. The van der Waals surface area contributed by atoms with Crippen LogP contribution in [0, 0.1) is 0 Å². The SMILES string of the molecule is O[C@@H](CCl)Cc1cccc2c1OC(F)(F)O2. The third kappa shape index (κ3) is 2.20. The molecule has 0 unspecified atom stereocenters. The Balaban J connectivity index is 2.26. The number of ether oxygens (including phenoxy) is 2. The molecule has 1 N–H and O–H groups in total. The van der Waals surface area contributed by atoms with Crippen molar-refractivity contribution in [3.8, 4) is 11.5 Å². The van der Waals surface area contributed by atoms with Gasteiger partial charge in [0, 0.05) is 17.9 Å². The standard InChI is InChI=1S/C10H9ClF2O3/c11-5-7(14)4-6-2-1-3-8-9(6)16-10(12,13)15-8/h1-3,7,14H,4-5H2/t7-/m1/s1. The highest BCUT2D eigenvalue weighted by atomic mass is 35.5. The Morgan fingerprint density at radius 3 is 2.81 bits per heavy atom. The molecule has 88 valence electrons. The Kier molecular flexibility index (Phi) is 2.90. The first-order valence-electron chi connectivity index (χ1n) is 4.63. The summed E-state index contributed by atoms with van der Waals surface area (Å²) in [5.74, 6) is -0.0260. The Labute approximate surface area is 95.5 Å². The minimum absolute atomic E-state index is 0.0238. The van der Waals surface area contributed by atoms with Crippen LogP contribution in [0.1, 0.15) is 5.56 Å². The van der Waals surface area contributed by atoms with E-state index in [2.05, 4.69) is 9.47 Å². The lowest BCUT2D eigenvalue weighted by atomic mass is 10.1. The van der Waals surface area contributed by atoms with E-state index in [1.54, 1.807) is 12.1 Å². The molecule has 1 aromatic rings. The second-order valence-electron chi connectivity index (χ2n) is 3.42. The summed E-state index contributed by atoms with van der Waals surface area (Å²) in [5, 5.41) is 9.36. The summed E-state index contributed by atoms with van der Waals surface area (Å²) in [7, 11) is 0. The van der Waals surface area contributed by atoms with Crippen LogP contribution in [-0.4, -0.2) is 23.4 Å². The zero-order chi connectivity index (χ0) is 11.8. The zero-order valence-corrected chi connectivity index (χ0v) is 8.88. The summed E-state index contributed by atoms with van der Waals surface area (Å²) in [6, 6.07) is 4.52. The largest absolute Gasteiger partial charge is 0.586 e. The molecular weight excluding hydrogens is 242 g/mol. The molecule has 1 atom stereocenters. The third-order valence-corrected chi connectivity index (χ3v) is 2.50. The zero-order valence-electron chi connectivity index (χ0n) is 8.12. The number of halogens is 3. The summed E-state index contributed by atoms with van der Waals surface area (Å²) >= 11 is 5.44. The molecule has 1 aliphatic rings. The molecule has 0 bridgehead atoms. The molecule has 6 heteroatoms. The molecule has 0 aliphatic carbocycles. The summed E-state index contributed by atoms with van der Waals surface area (Å²) in [6.45, 7) is 0. The number of fused-ring (bicyclic) bond motifs is 1. The fourth-order valence-electron chi connectivity index (χ4n) is 1.49. The predicted molar refractivity (Wildman–Crippen MR) is 53.1 cm³/mol. The van der Waals surface area contributed by atoms with E-state index >= 15 is 0 Å². The average Bonchev–Trinajstić information content (AvgIpc) is 2.53. The van der Waals surface area contributed by atoms with Gasteiger partial charge in [-0.3, -0.25) is 0 Å². The molecule has 3 nitrogen and oxygen atoms in total. The third-order valence-electron chi connectivity index (χ3n) is 2.14. The molecule has 0 amide bonds. The maximum atomic E-state index is 12.8. The van der Waals surface area contributed by atoms with Crippen molar-refractivity contribution in [1.29, 1.82) is 0 Å². The van der Waals surface area contributed by atoms with E-state index in [1.807, 2.05) is 0 Å². The van der Waals surface area contributed by atoms with Gasteiger partial charge in [-0.1, -0.05) is 12.1 Å². The average molecular weight is 251 g/mol.